The van der Waals surface area contributed by atoms with E-state index in [4.69, 9.17) is 9.84 Å². The third-order valence-corrected chi connectivity index (χ3v) is 4.97. The number of carbonyl (C=O) groups excluding carboxylic acids is 1. The molecule has 0 spiro atoms. The van der Waals surface area contributed by atoms with Gasteiger partial charge in [0.15, 0.2) is 0 Å². The highest BCUT2D eigenvalue weighted by Crippen LogP contribution is 2.22. The second kappa shape index (κ2) is 8.41. The van der Waals surface area contributed by atoms with Gasteiger partial charge >= 0.3 is 0 Å². The zero-order chi connectivity index (χ0) is 19.3. The predicted molar refractivity (Wildman–Crippen MR) is 108 cm³/mol. The molecule has 0 radical (unpaired) electrons. The molecule has 0 aliphatic carbocycles. The van der Waals surface area contributed by atoms with Crippen LogP contribution in [-0.4, -0.2) is 64.5 Å². The molecule has 1 amide bonds. The van der Waals surface area contributed by atoms with Gasteiger partial charge in [0.05, 0.1) is 24.6 Å². The molecule has 1 aromatic carbocycles. The van der Waals surface area contributed by atoms with Gasteiger partial charge in [0.2, 0.25) is 0 Å². The number of rotatable bonds is 6. The van der Waals surface area contributed by atoms with Crippen molar-refractivity contribution in [2.75, 3.05) is 39.4 Å². The summed E-state index contributed by atoms with van der Waals surface area (Å²) in [7, 11) is 1.97. The molecule has 2 aromatic heterocycles. The van der Waals surface area contributed by atoms with E-state index in [0.29, 0.717) is 12.2 Å². The van der Waals surface area contributed by atoms with Crippen molar-refractivity contribution in [3.05, 3.63) is 60.4 Å². The molecule has 4 rings (SSSR count). The second-order valence-electron chi connectivity index (χ2n) is 6.88. The van der Waals surface area contributed by atoms with E-state index in [9.17, 15) is 4.79 Å². The van der Waals surface area contributed by atoms with E-state index in [1.807, 2.05) is 66.3 Å². The van der Waals surface area contributed by atoms with Gasteiger partial charge in [-0.05, 0) is 30.3 Å². The maximum atomic E-state index is 12.9. The molecule has 0 saturated carbocycles. The van der Waals surface area contributed by atoms with Crippen molar-refractivity contribution in [2.45, 2.75) is 0 Å². The van der Waals surface area contributed by atoms with Crippen LogP contribution < -0.4 is 5.32 Å². The monoisotopic (exact) mass is 379 g/mol. The highest BCUT2D eigenvalue weighted by Gasteiger charge is 2.19. The smallest absolute Gasteiger partial charge is 0.270 e. The first kappa shape index (κ1) is 18.5. The van der Waals surface area contributed by atoms with Crippen molar-refractivity contribution in [3.8, 4) is 17.1 Å². The molecule has 1 aliphatic heterocycles. The molecule has 3 aromatic rings. The molecule has 3 heterocycles. The van der Waals surface area contributed by atoms with E-state index in [-0.39, 0.29) is 5.91 Å². The number of para-hydroxylation sites is 1. The number of benzene rings is 1. The Balaban J connectivity index is 1.55. The number of ether oxygens (including phenoxy) is 1. The number of carbonyl (C=O) groups is 1. The quantitative estimate of drug-likeness (QED) is 0.711. The molecule has 7 heteroatoms. The Bertz CT molecular complexity index is 925. The first-order valence-electron chi connectivity index (χ1n) is 9.58. The largest absolute Gasteiger partial charge is 0.379 e. The number of aryl methyl sites for hydroxylation is 1. The SMILES string of the molecule is Cn1cccc1-c1cc(C(=O)NCCN2CCOCC2)n(-c2ccccc2)n1. The van der Waals surface area contributed by atoms with Crippen molar-refractivity contribution in [1.29, 1.82) is 0 Å². The van der Waals surface area contributed by atoms with Crippen LogP contribution in [-0.2, 0) is 11.8 Å². The van der Waals surface area contributed by atoms with E-state index < -0.39 is 0 Å². The maximum Gasteiger partial charge on any atom is 0.270 e. The lowest BCUT2D eigenvalue weighted by molar-refractivity contribution is 0.0383. The molecule has 0 bridgehead atoms. The van der Waals surface area contributed by atoms with Gasteiger partial charge in [-0.2, -0.15) is 5.10 Å². The average molecular weight is 379 g/mol. The standard InChI is InChI=1S/C21H25N5O2/c1-24-10-5-8-19(24)18-16-20(26(23-18)17-6-3-2-4-7-17)21(27)22-9-11-25-12-14-28-15-13-25/h2-8,10,16H,9,11-15H2,1H3,(H,22,27). The predicted octanol–water partition coefficient (Wildman–Crippen LogP) is 1.94. The third-order valence-electron chi connectivity index (χ3n) is 4.97. The maximum absolute atomic E-state index is 12.9. The molecule has 1 aliphatic rings. The van der Waals surface area contributed by atoms with Crippen LogP contribution in [0.5, 0.6) is 0 Å². The first-order valence-corrected chi connectivity index (χ1v) is 9.58. The molecule has 0 unspecified atom stereocenters. The number of morpholine rings is 1. The van der Waals surface area contributed by atoms with Gasteiger partial charge in [0.1, 0.15) is 11.4 Å². The van der Waals surface area contributed by atoms with Gasteiger partial charge in [0, 0.05) is 39.4 Å². The Kier molecular flexibility index (Phi) is 5.55. The Morgan fingerprint density at radius 2 is 1.93 bits per heavy atom. The number of hydrogen-bond donors (Lipinski definition) is 1. The van der Waals surface area contributed by atoms with Crippen molar-refractivity contribution < 1.29 is 9.53 Å². The van der Waals surface area contributed by atoms with Gasteiger partial charge in [0.25, 0.3) is 5.91 Å². The number of nitrogens with one attached hydrogen (secondary N) is 1. The molecule has 28 heavy (non-hydrogen) atoms. The minimum atomic E-state index is -0.120. The Morgan fingerprint density at radius 1 is 1.14 bits per heavy atom. The van der Waals surface area contributed by atoms with Crippen LogP contribution in [0.3, 0.4) is 0 Å². The van der Waals surface area contributed by atoms with Gasteiger partial charge in [-0.3, -0.25) is 9.69 Å². The molecule has 146 valence electrons. The van der Waals surface area contributed by atoms with E-state index in [1.165, 1.54) is 0 Å². The topological polar surface area (TPSA) is 64.3 Å². The second-order valence-corrected chi connectivity index (χ2v) is 6.88. The van der Waals surface area contributed by atoms with Crippen LogP contribution in [0.1, 0.15) is 10.5 Å². The fraction of sp³-hybridized carbons (Fsp3) is 0.333. The van der Waals surface area contributed by atoms with Crippen LogP contribution in [0.25, 0.3) is 17.1 Å². The average Bonchev–Trinajstić information content (AvgIpc) is 3.35. The Labute approximate surface area is 164 Å². The third kappa shape index (κ3) is 4.00. The van der Waals surface area contributed by atoms with Crippen molar-refractivity contribution in [1.82, 2.24) is 24.6 Å². The molecule has 1 saturated heterocycles. The lowest BCUT2D eigenvalue weighted by Gasteiger charge is -2.26. The van der Waals surface area contributed by atoms with E-state index in [2.05, 4.69) is 10.2 Å². The van der Waals surface area contributed by atoms with E-state index in [1.54, 1.807) is 4.68 Å². The van der Waals surface area contributed by atoms with Crippen LogP contribution in [0.2, 0.25) is 0 Å². The summed E-state index contributed by atoms with van der Waals surface area (Å²) in [6, 6.07) is 15.6. The van der Waals surface area contributed by atoms with Crippen LogP contribution in [0.4, 0.5) is 0 Å². The number of aromatic nitrogens is 3. The molecule has 1 fully saturated rings. The van der Waals surface area contributed by atoms with Gasteiger partial charge in [-0.25, -0.2) is 4.68 Å². The summed E-state index contributed by atoms with van der Waals surface area (Å²) in [5, 5.41) is 7.75. The molecular formula is C21H25N5O2. The van der Waals surface area contributed by atoms with Crippen molar-refractivity contribution in [2.24, 2.45) is 7.05 Å². The fourth-order valence-electron chi connectivity index (χ4n) is 3.40. The summed E-state index contributed by atoms with van der Waals surface area (Å²) in [6.45, 7) is 4.76. The lowest BCUT2D eigenvalue weighted by Crippen LogP contribution is -2.41. The molecule has 0 atom stereocenters. The Hall–Kier alpha value is -2.90. The zero-order valence-corrected chi connectivity index (χ0v) is 16.0. The Morgan fingerprint density at radius 3 is 2.64 bits per heavy atom. The normalized spacial score (nSPS) is 14.9. The first-order chi connectivity index (χ1) is 13.7. The summed E-state index contributed by atoms with van der Waals surface area (Å²) < 4.78 is 9.08. The number of nitrogens with zero attached hydrogens (tertiary/aromatic N) is 4. The molecule has 7 nitrogen and oxygen atoms in total. The highest BCUT2D eigenvalue weighted by atomic mass is 16.5. The van der Waals surface area contributed by atoms with Gasteiger partial charge in [-0.15, -0.1) is 0 Å². The molecule has 1 N–H and O–H groups in total. The van der Waals surface area contributed by atoms with Crippen molar-refractivity contribution >= 4 is 5.91 Å². The number of amides is 1. The summed E-state index contributed by atoms with van der Waals surface area (Å²) >= 11 is 0. The minimum Gasteiger partial charge on any atom is -0.379 e. The van der Waals surface area contributed by atoms with E-state index >= 15 is 0 Å². The summed E-state index contributed by atoms with van der Waals surface area (Å²) in [6.07, 6.45) is 1.97. The van der Waals surface area contributed by atoms with Crippen molar-refractivity contribution in [3.63, 3.8) is 0 Å². The van der Waals surface area contributed by atoms with Crippen LogP contribution in [0.15, 0.2) is 54.7 Å². The minimum absolute atomic E-state index is 0.120. The summed E-state index contributed by atoms with van der Waals surface area (Å²) in [5.74, 6) is -0.120. The molecular weight excluding hydrogens is 354 g/mol. The highest BCUT2D eigenvalue weighted by molar-refractivity contribution is 5.94. The van der Waals surface area contributed by atoms with E-state index in [0.717, 1.165) is 49.9 Å². The zero-order valence-electron chi connectivity index (χ0n) is 16.0. The van der Waals surface area contributed by atoms with Crippen LogP contribution >= 0.6 is 0 Å². The van der Waals surface area contributed by atoms with Crippen LogP contribution in [0, 0.1) is 0 Å². The number of hydrogen-bond acceptors (Lipinski definition) is 4. The van der Waals surface area contributed by atoms with Gasteiger partial charge in [-0.1, -0.05) is 18.2 Å². The van der Waals surface area contributed by atoms with Gasteiger partial charge < -0.3 is 14.6 Å². The summed E-state index contributed by atoms with van der Waals surface area (Å²) in [4.78, 5) is 15.2. The fourth-order valence-corrected chi connectivity index (χ4v) is 3.40. The lowest BCUT2D eigenvalue weighted by atomic mass is 10.2. The summed E-state index contributed by atoms with van der Waals surface area (Å²) in [5.41, 5.74) is 3.14.